The second kappa shape index (κ2) is 8.87. The molecule has 1 aromatic carbocycles. The summed E-state index contributed by atoms with van der Waals surface area (Å²) in [5, 5.41) is 8.98. The molecule has 2 aromatic rings. The second-order valence-electron chi connectivity index (χ2n) is 8.16. The SMILES string of the molecule is Cc1cc(NC(=O)C(=O)NCC(c2ccc3c(c2)CCN3C)N2CCCCC2)no1. The fraction of sp³-hybridized carbons (Fsp3) is 0.500. The van der Waals surface area contributed by atoms with Gasteiger partial charge in [0, 0.05) is 31.9 Å². The Balaban J connectivity index is 1.45. The van der Waals surface area contributed by atoms with Gasteiger partial charge in [0.05, 0.1) is 6.04 Å². The van der Waals surface area contributed by atoms with Crippen molar-refractivity contribution in [2.45, 2.75) is 38.6 Å². The van der Waals surface area contributed by atoms with Gasteiger partial charge in [0.1, 0.15) is 5.76 Å². The average Bonchev–Trinajstić information content (AvgIpc) is 3.33. The van der Waals surface area contributed by atoms with Crippen molar-refractivity contribution >= 4 is 23.3 Å². The number of aryl methyl sites for hydroxylation is 1. The summed E-state index contributed by atoms with van der Waals surface area (Å²) in [6, 6.07) is 8.22. The average molecular weight is 412 g/mol. The predicted octanol–water partition coefficient (Wildman–Crippen LogP) is 2.26. The van der Waals surface area contributed by atoms with Crippen LogP contribution < -0.4 is 15.5 Å². The topological polar surface area (TPSA) is 90.7 Å². The molecule has 2 aliphatic rings. The monoisotopic (exact) mass is 411 g/mol. The first-order valence-electron chi connectivity index (χ1n) is 10.6. The molecule has 3 heterocycles. The molecule has 1 atom stereocenters. The third-order valence-corrected chi connectivity index (χ3v) is 5.98. The normalized spacial score (nSPS) is 17.5. The number of anilines is 2. The van der Waals surface area contributed by atoms with Gasteiger partial charge in [-0.05, 0) is 56.5 Å². The minimum Gasteiger partial charge on any atom is -0.374 e. The molecule has 8 heteroatoms. The van der Waals surface area contributed by atoms with Gasteiger partial charge in [0.2, 0.25) is 0 Å². The zero-order chi connectivity index (χ0) is 21.1. The maximum atomic E-state index is 12.4. The molecule has 2 N–H and O–H groups in total. The molecule has 1 saturated heterocycles. The van der Waals surface area contributed by atoms with Gasteiger partial charge in [0.15, 0.2) is 5.82 Å². The number of hydrogen-bond acceptors (Lipinski definition) is 6. The fourth-order valence-electron chi connectivity index (χ4n) is 4.35. The highest BCUT2D eigenvalue weighted by Crippen LogP contribution is 2.32. The van der Waals surface area contributed by atoms with E-state index in [-0.39, 0.29) is 11.9 Å². The van der Waals surface area contributed by atoms with E-state index in [0.717, 1.165) is 38.9 Å². The number of fused-ring (bicyclic) bond motifs is 1. The molecule has 1 fully saturated rings. The Morgan fingerprint density at radius 3 is 2.67 bits per heavy atom. The maximum absolute atomic E-state index is 12.4. The lowest BCUT2D eigenvalue weighted by Gasteiger charge is -2.35. The van der Waals surface area contributed by atoms with Crippen LogP contribution in [-0.4, -0.2) is 55.1 Å². The first-order valence-corrected chi connectivity index (χ1v) is 10.6. The predicted molar refractivity (Wildman–Crippen MR) is 114 cm³/mol. The number of aromatic nitrogens is 1. The molecule has 30 heavy (non-hydrogen) atoms. The lowest BCUT2D eigenvalue weighted by atomic mass is 9.98. The van der Waals surface area contributed by atoms with Crippen LogP contribution in [0.25, 0.3) is 0 Å². The molecule has 8 nitrogen and oxygen atoms in total. The number of rotatable bonds is 5. The van der Waals surface area contributed by atoms with E-state index in [1.165, 1.54) is 23.2 Å². The van der Waals surface area contributed by atoms with E-state index in [2.05, 4.69) is 50.8 Å². The number of carbonyl (C=O) groups is 2. The van der Waals surface area contributed by atoms with Crippen LogP contribution in [0.2, 0.25) is 0 Å². The van der Waals surface area contributed by atoms with Crippen LogP contribution in [-0.2, 0) is 16.0 Å². The van der Waals surface area contributed by atoms with Crippen LogP contribution in [0.4, 0.5) is 11.5 Å². The first kappa shape index (κ1) is 20.4. The Bertz CT molecular complexity index is 919. The van der Waals surface area contributed by atoms with E-state index in [4.69, 9.17) is 4.52 Å². The fourth-order valence-corrected chi connectivity index (χ4v) is 4.35. The summed E-state index contributed by atoms with van der Waals surface area (Å²) in [6.45, 7) is 5.15. The number of likely N-dealkylation sites (N-methyl/N-ethyl adjacent to an activating group) is 1. The van der Waals surface area contributed by atoms with Gasteiger partial charge in [-0.2, -0.15) is 0 Å². The van der Waals surface area contributed by atoms with Crippen LogP contribution in [0.5, 0.6) is 0 Å². The second-order valence-corrected chi connectivity index (χ2v) is 8.16. The highest BCUT2D eigenvalue weighted by atomic mass is 16.5. The van der Waals surface area contributed by atoms with E-state index < -0.39 is 11.8 Å². The van der Waals surface area contributed by atoms with Crippen molar-refractivity contribution in [2.24, 2.45) is 0 Å². The van der Waals surface area contributed by atoms with Gasteiger partial charge < -0.3 is 14.7 Å². The summed E-state index contributed by atoms with van der Waals surface area (Å²) in [6.07, 6.45) is 4.59. The van der Waals surface area contributed by atoms with Crippen LogP contribution in [0.15, 0.2) is 28.8 Å². The number of likely N-dealkylation sites (tertiary alicyclic amines) is 1. The highest BCUT2D eigenvalue weighted by molar-refractivity contribution is 6.39. The number of carbonyl (C=O) groups excluding carboxylic acids is 2. The first-order chi connectivity index (χ1) is 14.5. The van der Waals surface area contributed by atoms with Gasteiger partial charge >= 0.3 is 11.8 Å². The summed E-state index contributed by atoms with van der Waals surface area (Å²) in [5.74, 6) is -0.601. The Morgan fingerprint density at radius 1 is 1.13 bits per heavy atom. The van der Waals surface area contributed by atoms with Gasteiger partial charge in [-0.25, -0.2) is 0 Å². The van der Waals surface area contributed by atoms with E-state index in [1.807, 2.05) is 0 Å². The molecule has 4 rings (SSSR count). The van der Waals surface area contributed by atoms with Crippen molar-refractivity contribution < 1.29 is 14.1 Å². The summed E-state index contributed by atoms with van der Waals surface area (Å²) in [5.41, 5.74) is 3.82. The minimum absolute atomic E-state index is 0.0487. The van der Waals surface area contributed by atoms with Gasteiger partial charge in [-0.15, -0.1) is 0 Å². The molecule has 0 radical (unpaired) electrons. The Labute approximate surface area is 176 Å². The van der Waals surface area contributed by atoms with Crippen LogP contribution in [0.1, 0.15) is 42.2 Å². The number of hydrogen-bond donors (Lipinski definition) is 2. The summed E-state index contributed by atoms with van der Waals surface area (Å²) in [4.78, 5) is 29.3. The lowest BCUT2D eigenvalue weighted by Crippen LogP contribution is -2.43. The number of benzene rings is 1. The molecule has 160 valence electrons. The zero-order valence-electron chi connectivity index (χ0n) is 17.6. The maximum Gasteiger partial charge on any atom is 0.314 e. The van der Waals surface area contributed by atoms with E-state index >= 15 is 0 Å². The quantitative estimate of drug-likeness (QED) is 0.734. The smallest absolute Gasteiger partial charge is 0.314 e. The Kier molecular flexibility index (Phi) is 6.03. The Hall–Kier alpha value is -2.87. The molecular weight excluding hydrogens is 382 g/mol. The third-order valence-electron chi connectivity index (χ3n) is 5.98. The number of piperidine rings is 1. The number of amides is 2. The van der Waals surface area contributed by atoms with Crippen molar-refractivity contribution in [1.29, 1.82) is 0 Å². The van der Waals surface area contributed by atoms with Crippen molar-refractivity contribution in [3.63, 3.8) is 0 Å². The molecule has 1 unspecified atom stereocenters. The van der Waals surface area contributed by atoms with Crippen LogP contribution in [0.3, 0.4) is 0 Å². The lowest BCUT2D eigenvalue weighted by molar-refractivity contribution is -0.136. The van der Waals surface area contributed by atoms with Crippen LogP contribution >= 0.6 is 0 Å². The van der Waals surface area contributed by atoms with Crippen LogP contribution in [0, 0.1) is 6.92 Å². The largest absolute Gasteiger partial charge is 0.374 e. The molecule has 2 aliphatic heterocycles. The van der Waals surface area contributed by atoms with Crippen molar-refractivity contribution in [2.75, 3.05) is 43.4 Å². The standard InChI is InChI=1S/C22H29N5O3/c1-15-12-20(25-30-15)24-22(29)21(28)23-14-19(27-9-4-3-5-10-27)16-6-7-18-17(13-16)8-11-26(18)2/h6-7,12-13,19H,3-5,8-11,14H2,1-2H3,(H,23,28)(H,24,25,29). The molecule has 2 amide bonds. The summed E-state index contributed by atoms with van der Waals surface area (Å²) < 4.78 is 4.92. The van der Waals surface area contributed by atoms with E-state index in [0.29, 0.717) is 12.3 Å². The zero-order valence-corrected chi connectivity index (χ0v) is 17.6. The number of nitrogens with zero attached hydrogens (tertiary/aromatic N) is 3. The molecule has 0 saturated carbocycles. The molecule has 1 aromatic heterocycles. The molecule has 0 spiro atoms. The van der Waals surface area contributed by atoms with Crippen molar-refractivity contribution in [3.8, 4) is 0 Å². The highest BCUT2D eigenvalue weighted by Gasteiger charge is 2.26. The molecule has 0 aliphatic carbocycles. The van der Waals surface area contributed by atoms with Gasteiger partial charge in [-0.3, -0.25) is 19.8 Å². The van der Waals surface area contributed by atoms with Gasteiger partial charge in [-0.1, -0.05) is 23.7 Å². The third kappa shape index (κ3) is 4.48. The van der Waals surface area contributed by atoms with Gasteiger partial charge in [0.25, 0.3) is 0 Å². The van der Waals surface area contributed by atoms with E-state index in [1.54, 1.807) is 13.0 Å². The Morgan fingerprint density at radius 2 is 1.93 bits per heavy atom. The molecule has 0 bridgehead atoms. The van der Waals surface area contributed by atoms with Crippen molar-refractivity contribution in [3.05, 3.63) is 41.2 Å². The van der Waals surface area contributed by atoms with E-state index in [9.17, 15) is 9.59 Å². The number of nitrogens with one attached hydrogen (secondary N) is 2. The summed E-state index contributed by atoms with van der Waals surface area (Å²) >= 11 is 0. The van der Waals surface area contributed by atoms with Crippen molar-refractivity contribution in [1.82, 2.24) is 15.4 Å². The minimum atomic E-state index is -0.740. The molecular formula is C22H29N5O3. The summed E-state index contributed by atoms with van der Waals surface area (Å²) in [7, 11) is 2.11.